The Morgan fingerprint density at radius 3 is 2.50 bits per heavy atom. The van der Waals surface area contributed by atoms with E-state index in [-0.39, 0.29) is 11.4 Å². The van der Waals surface area contributed by atoms with Gasteiger partial charge in [-0.05, 0) is 35.9 Å². The Kier molecular flexibility index (Phi) is 5.08. The summed E-state index contributed by atoms with van der Waals surface area (Å²) in [7, 11) is 0. The number of urea groups is 1. The van der Waals surface area contributed by atoms with E-state index in [2.05, 4.69) is 22.5 Å². The van der Waals surface area contributed by atoms with Crippen molar-refractivity contribution in [3.8, 4) is 0 Å². The zero-order valence-electron chi connectivity index (χ0n) is 14.3. The van der Waals surface area contributed by atoms with E-state index in [1.165, 1.54) is 24.3 Å². The van der Waals surface area contributed by atoms with Gasteiger partial charge in [0.2, 0.25) is 5.91 Å². The molecule has 146 valence electrons. The lowest BCUT2D eigenvalue weighted by Crippen LogP contribution is -2.51. The van der Waals surface area contributed by atoms with Crippen LogP contribution in [-0.2, 0) is 11.0 Å². The molecular formula is C19H15F4N3O2. The summed E-state index contributed by atoms with van der Waals surface area (Å²) >= 11 is 0. The molecule has 9 heteroatoms. The lowest BCUT2D eigenvalue weighted by molar-refractivity contribution is -0.137. The molecule has 3 rings (SSSR count). The summed E-state index contributed by atoms with van der Waals surface area (Å²) < 4.78 is 52.2. The van der Waals surface area contributed by atoms with Crippen molar-refractivity contribution < 1.29 is 27.2 Å². The fourth-order valence-corrected chi connectivity index (χ4v) is 2.96. The minimum Gasteiger partial charge on any atom is -0.330 e. The topological polar surface area (TPSA) is 70.2 Å². The van der Waals surface area contributed by atoms with Crippen molar-refractivity contribution in [1.29, 1.82) is 0 Å². The molecule has 0 bridgehead atoms. The maximum Gasteiger partial charge on any atom is 0.416 e. The number of alkyl halides is 3. The smallest absolute Gasteiger partial charge is 0.330 e. The zero-order valence-corrected chi connectivity index (χ0v) is 14.3. The average molecular weight is 393 g/mol. The summed E-state index contributed by atoms with van der Waals surface area (Å²) in [6.45, 7) is 3.66. The number of nitrogens with one attached hydrogen (secondary N) is 3. The zero-order chi connectivity index (χ0) is 20.5. The Morgan fingerprint density at radius 1 is 1.11 bits per heavy atom. The number of halogens is 4. The van der Waals surface area contributed by atoms with Crippen molar-refractivity contribution in [3.63, 3.8) is 0 Å². The second-order valence-corrected chi connectivity index (χ2v) is 6.20. The third-order valence-electron chi connectivity index (χ3n) is 4.22. The molecule has 0 unspecified atom stereocenters. The van der Waals surface area contributed by atoms with Crippen LogP contribution in [0.2, 0.25) is 0 Å². The van der Waals surface area contributed by atoms with Gasteiger partial charge in [0.05, 0.1) is 11.6 Å². The number of hydrogen-bond acceptors (Lipinski definition) is 2. The Labute approximate surface area is 157 Å². The normalized spacial score (nSPS) is 19.6. The second kappa shape index (κ2) is 7.34. The maximum absolute atomic E-state index is 13.6. The number of rotatable bonds is 3. The van der Waals surface area contributed by atoms with Crippen molar-refractivity contribution >= 4 is 17.6 Å². The van der Waals surface area contributed by atoms with E-state index >= 15 is 0 Å². The van der Waals surface area contributed by atoms with E-state index < -0.39 is 41.5 Å². The molecule has 5 nitrogen and oxygen atoms in total. The first-order chi connectivity index (χ1) is 13.1. The number of amides is 3. The van der Waals surface area contributed by atoms with Crippen LogP contribution in [0.15, 0.2) is 60.8 Å². The highest BCUT2D eigenvalue weighted by Crippen LogP contribution is 2.33. The standard InChI is InChI=1S/C19H15F4N3O2/c1-10-15(16(26-18(28)24-10)11-4-2-6-13(20)8-11)17(27)25-14-7-3-5-12(9-14)19(21,22)23/h2-9,15-16H,1H2,(H,25,27)(H2,24,26,28)/t15-,16+/m1/s1. The van der Waals surface area contributed by atoms with Gasteiger partial charge in [-0.2, -0.15) is 13.2 Å². The molecular weight excluding hydrogens is 378 g/mol. The number of carbonyl (C=O) groups excluding carboxylic acids is 2. The fraction of sp³-hybridized carbons (Fsp3) is 0.158. The van der Waals surface area contributed by atoms with Crippen LogP contribution in [0.5, 0.6) is 0 Å². The lowest BCUT2D eigenvalue weighted by atomic mass is 9.88. The molecule has 3 N–H and O–H groups in total. The highest BCUT2D eigenvalue weighted by Gasteiger charge is 2.38. The largest absolute Gasteiger partial charge is 0.416 e. The Morgan fingerprint density at radius 2 is 1.82 bits per heavy atom. The van der Waals surface area contributed by atoms with E-state index in [1.807, 2.05) is 0 Å². The Hall–Kier alpha value is -3.36. The van der Waals surface area contributed by atoms with E-state index in [1.54, 1.807) is 0 Å². The predicted octanol–water partition coefficient (Wildman–Crippen LogP) is 3.97. The van der Waals surface area contributed by atoms with Crippen molar-refractivity contribution in [3.05, 3.63) is 77.8 Å². The summed E-state index contributed by atoms with van der Waals surface area (Å²) in [5.74, 6) is -2.34. The molecule has 1 saturated heterocycles. The van der Waals surface area contributed by atoms with Crippen LogP contribution in [0, 0.1) is 11.7 Å². The van der Waals surface area contributed by atoms with Gasteiger partial charge in [-0.1, -0.05) is 24.8 Å². The highest BCUT2D eigenvalue weighted by molar-refractivity contribution is 5.97. The molecule has 0 saturated carbocycles. The van der Waals surface area contributed by atoms with Gasteiger partial charge >= 0.3 is 12.2 Å². The Balaban J connectivity index is 1.89. The van der Waals surface area contributed by atoms with Gasteiger partial charge in [-0.15, -0.1) is 0 Å². The molecule has 1 aliphatic rings. The molecule has 28 heavy (non-hydrogen) atoms. The molecule has 2 atom stereocenters. The van der Waals surface area contributed by atoms with Crippen LogP contribution >= 0.6 is 0 Å². The molecule has 2 aromatic rings. The second-order valence-electron chi connectivity index (χ2n) is 6.20. The van der Waals surface area contributed by atoms with Crippen LogP contribution in [0.25, 0.3) is 0 Å². The van der Waals surface area contributed by atoms with Crippen LogP contribution in [-0.4, -0.2) is 11.9 Å². The first-order valence-corrected chi connectivity index (χ1v) is 8.15. The van der Waals surface area contributed by atoms with Crippen molar-refractivity contribution in [2.75, 3.05) is 5.32 Å². The summed E-state index contributed by atoms with van der Waals surface area (Å²) in [6, 6.07) is 7.90. The summed E-state index contributed by atoms with van der Waals surface area (Å²) in [6.07, 6.45) is -4.56. The minimum atomic E-state index is -4.56. The van der Waals surface area contributed by atoms with Gasteiger partial charge in [-0.3, -0.25) is 4.79 Å². The van der Waals surface area contributed by atoms with Crippen molar-refractivity contribution in [2.24, 2.45) is 5.92 Å². The molecule has 0 spiro atoms. The fourth-order valence-electron chi connectivity index (χ4n) is 2.96. The molecule has 1 heterocycles. The van der Waals surface area contributed by atoms with E-state index in [0.717, 1.165) is 24.3 Å². The minimum absolute atomic E-state index is 0.0440. The summed E-state index contributed by atoms with van der Waals surface area (Å²) in [5.41, 5.74) is -0.619. The van der Waals surface area contributed by atoms with Crippen molar-refractivity contribution in [1.82, 2.24) is 10.6 Å². The first-order valence-electron chi connectivity index (χ1n) is 8.15. The molecule has 0 aromatic heterocycles. The third-order valence-corrected chi connectivity index (χ3v) is 4.22. The monoisotopic (exact) mass is 393 g/mol. The van der Waals surface area contributed by atoms with Crippen LogP contribution in [0.4, 0.5) is 28.0 Å². The van der Waals surface area contributed by atoms with Crippen molar-refractivity contribution in [2.45, 2.75) is 12.2 Å². The molecule has 0 radical (unpaired) electrons. The quantitative estimate of drug-likeness (QED) is 0.691. The molecule has 0 aliphatic carbocycles. The van der Waals surface area contributed by atoms with Gasteiger partial charge in [-0.25, -0.2) is 9.18 Å². The summed E-state index contributed by atoms with van der Waals surface area (Å²) in [5, 5.41) is 7.29. The first kappa shape index (κ1) is 19.4. The molecule has 1 fully saturated rings. The third kappa shape index (κ3) is 4.13. The summed E-state index contributed by atoms with van der Waals surface area (Å²) in [4.78, 5) is 24.6. The van der Waals surface area contributed by atoms with Crippen LogP contribution in [0.1, 0.15) is 17.2 Å². The van der Waals surface area contributed by atoms with E-state index in [4.69, 9.17) is 0 Å². The van der Waals surface area contributed by atoms with Crippen LogP contribution in [0.3, 0.4) is 0 Å². The molecule has 1 aliphatic heterocycles. The van der Waals surface area contributed by atoms with Gasteiger partial charge in [0.1, 0.15) is 11.7 Å². The predicted molar refractivity (Wildman–Crippen MR) is 93.5 cm³/mol. The molecule has 3 amide bonds. The lowest BCUT2D eigenvalue weighted by Gasteiger charge is -2.34. The molecule has 2 aromatic carbocycles. The van der Waals surface area contributed by atoms with Gasteiger partial charge in [0.15, 0.2) is 0 Å². The Bertz CT molecular complexity index is 943. The number of anilines is 1. The van der Waals surface area contributed by atoms with Crippen LogP contribution < -0.4 is 16.0 Å². The highest BCUT2D eigenvalue weighted by atomic mass is 19.4. The number of hydrogen-bond donors (Lipinski definition) is 3. The van der Waals surface area contributed by atoms with Gasteiger partial charge in [0, 0.05) is 11.4 Å². The number of carbonyl (C=O) groups is 2. The number of benzene rings is 2. The van der Waals surface area contributed by atoms with E-state index in [9.17, 15) is 27.2 Å². The maximum atomic E-state index is 13.6. The average Bonchev–Trinajstić information content (AvgIpc) is 2.60. The SMILES string of the molecule is C=C1NC(=O)N[C@@H](c2cccc(F)c2)[C@@H]1C(=O)Nc1cccc(C(F)(F)F)c1. The van der Waals surface area contributed by atoms with Gasteiger partial charge < -0.3 is 16.0 Å². The van der Waals surface area contributed by atoms with E-state index in [0.29, 0.717) is 5.56 Å². The van der Waals surface area contributed by atoms with Gasteiger partial charge in [0.25, 0.3) is 0 Å².